The molecule has 1 aliphatic carbocycles. The summed E-state index contributed by atoms with van der Waals surface area (Å²) in [6.45, 7) is 10.6. The van der Waals surface area contributed by atoms with Gasteiger partial charge in [-0.3, -0.25) is 18.9 Å². The van der Waals surface area contributed by atoms with Gasteiger partial charge in [0.2, 0.25) is 5.91 Å². The standard InChI is InChI=1S/C27H40N4O2S/c1-18-5-7-23(8-6-18)25-29-26(33)27(30-25)10-12-31(13-11-27)34-14-9-24-19(2)15-22(16-20(24)3)17-28-21(4)32/h15-16,18,23H,5-14,17H2,1-4H3,(H,28,32)(H,29,30,33). The highest BCUT2D eigenvalue weighted by Crippen LogP contribution is 2.36. The molecule has 7 heteroatoms. The van der Waals surface area contributed by atoms with Gasteiger partial charge in [-0.2, -0.15) is 0 Å². The topological polar surface area (TPSA) is 73.8 Å². The van der Waals surface area contributed by atoms with Gasteiger partial charge in [0.1, 0.15) is 11.4 Å². The number of carbonyl (C=O) groups is 2. The van der Waals surface area contributed by atoms with Gasteiger partial charge < -0.3 is 10.6 Å². The van der Waals surface area contributed by atoms with E-state index in [0.29, 0.717) is 12.5 Å². The van der Waals surface area contributed by atoms with Crippen LogP contribution in [0.4, 0.5) is 0 Å². The monoisotopic (exact) mass is 484 g/mol. The second-order valence-electron chi connectivity index (χ2n) is 10.6. The summed E-state index contributed by atoms with van der Waals surface area (Å²) in [6.07, 6.45) is 7.45. The molecule has 2 fully saturated rings. The molecule has 6 nitrogen and oxygen atoms in total. The molecule has 1 spiro atoms. The Labute approximate surface area is 208 Å². The predicted octanol–water partition coefficient (Wildman–Crippen LogP) is 4.32. The molecule has 1 saturated carbocycles. The van der Waals surface area contributed by atoms with Gasteiger partial charge in [0.15, 0.2) is 0 Å². The Morgan fingerprint density at radius 3 is 2.44 bits per heavy atom. The Morgan fingerprint density at radius 1 is 1.18 bits per heavy atom. The van der Waals surface area contributed by atoms with Crippen molar-refractivity contribution in [2.24, 2.45) is 16.8 Å². The average molecular weight is 485 g/mol. The molecule has 34 heavy (non-hydrogen) atoms. The first-order chi connectivity index (χ1) is 16.3. The van der Waals surface area contributed by atoms with Gasteiger partial charge in [0.05, 0.1) is 0 Å². The molecular weight excluding hydrogens is 444 g/mol. The van der Waals surface area contributed by atoms with E-state index >= 15 is 0 Å². The fourth-order valence-corrected chi connectivity index (χ4v) is 6.67. The number of benzene rings is 1. The maximum Gasteiger partial charge on any atom is 0.253 e. The van der Waals surface area contributed by atoms with Crippen molar-refractivity contribution in [3.8, 4) is 0 Å². The first-order valence-corrected chi connectivity index (χ1v) is 13.8. The molecule has 1 saturated heterocycles. The SMILES string of the molecule is CC(=O)NCc1cc(C)c(CCSN2CCC3(CC2)N=C(C2CCC(C)CC2)NC3=O)c(C)c1. The molecule has 4 rings (SSSR count). The van der Waals surface area contributed by atoms with Gasteiger partial charge in [-0.15, -0.1) is 0 Å². The van der Waals surface area contributed by atoms with Gasteiger partial charge >= 0.3 is 0 Å². The molecule has 186 valence electrons. The second-order valence-corrected chi connectivity index (χ2v) is 11.8. The van der Waals surface area contributed by atoms with Crippen LogP contribution in [0.15, 0.2) is 17.1 Å². The van der Waals surface area contributed by atoms with E-state index in [9.17, 15) is 9.59 Å². The van der Waals surface area contributed by atoms with Crippen molar-refractivity contribution in [3.05, 3.63) is 34.4 Å². The number of hydrogen-bond acceptors (Lipinski definition) is 5. The minimum Gasteiger partial charge on any atom is -0.352 e. The number of carbonyl (C=O) groups excluding carboxylic acids is 2. The summed E-state index contributed by atoms with van der Waals surface area (Å²) in [5.41, 5.74) is 4.62. The molecule has 1 aromatic rings. The number of piperidine rings is 1. The molecule has 0 atom stereocenters. The highest BCUT2D eigenvalue weighted by molar-refractivity contribution is 7.97. The summed E-state index contributed by atoms with van der Waals surface area (Å²) in [5, 5.41) is 6.05. The van der Waals surface area contributed by atoms with Crippen LogP contribution < -0.4 is 10.6 Å². The molecule has 2 N–H and O–H groups in total. The lowest BCUT2D eigenvalue weighted by Gasteiger charge is -2.34. The zero-order chi connectivity index (χ0) is 24.3. The van der Waals surface area contributed by atoms with E-state index in [-0.39, 0.29) is 11.8 Å². The molecule has 1 aromatic carbocycles. The van der Waals surface area contributed by atoms with Crippen molar-refractivity contribution in [3.63, 3.8) is 0 Å². The Bertz CT molecular complexity index is 921. The average Bonchev–Trinajstić information content (AvgIpc) is 3.11. The summed E-state index contributed by atoms with van der Waals surface area (Å²) < 4.78 is 2.42. The van der Waals surface area contributed by atoms with E-state index in [1.807, 2.05) is 11.9 Å². The van der Waals surface area contributed by atoms with E-state index in [1.165, 1.54) is 29.5 Å². The summed E-state index contributed by atoms with van der Waals surface area (Å²) in [5.74, 6) is 3.39. The first-order valence-electron chi connectivity index (χ1n) is 12.9. The lowest BCUT2D eigenvalue weighted by molar-refractivity contribution is -0.125. The van der Waals surface area contributed by atoms with Crippen molar-refractivity contribution in [1.29, 1.82) is 0 Å². The number of nitrogens with one attached hydrogen (secondary N) is 2. The third-order valence-corrected chi connectivity index (χ3v) is 8.99. The second kappa shape index (κ2) is 10.8. The van der Waals surface area contributed by atoms with Gasteiger partial charge in [0.25, 0.3) is 5.91 Å². The van der Waals surface area contributed by atoms with Crippen LogP contribution in [-0.4, -0.2) is 46.3 Å². The largest absolute Gasteiger partial charge is 0.352 e. The number of rotatable bonds is 7. The van der Waals surface area contributed by atoms with Gasteiger partial charge in [-0.25, -0.2) is 0 Å². The van der Waals surface area contributed by atoms with E-state index in [4.69, 9.17) is 4.99 Å². The molecule has 0 aromatic heterocycles. The Hall–Kier alpha value is -1.86. The van der Waals surface area contributed by atoms with Crippen LogP contribution in [0.1, 0.15) is 74.6 Å². The van der Waals surface area contributed by atoms with Crippen LogP contribution in [0.5, 0.6) is 0 Å². The lowest BCUT2D eigenvalue weighted by atomic mass is 9.82. The van der Waals surface area contributed by atoms with E-state index < -0.39 is 5.54 Å². The smallest absolute Gasteiger partial charge is 0.253 e. The Balaban J connectivity index is 1.26. The van der Waals surface area contributed by atoms with Crippen LogP contribution in [-0.2, 0) is 22.6 Å². The van der Waals surface area contributed by atoms with Crippen LogP contribution in [0.25, 0.3) is 0 Å². The van der Waals surface area contributed by atoms with Crippen LogP contribution in [0.3, 0.4) is 0 Å². The van der Waals surface area contributed by atoms with E-state index in [2.05, 4.69) is 47.8 Å². The summed E-state index contributed by atoms with van der Waals surface area (Å²) >= 11 is 1.90. The molecule has 3 aliphatic rings. The fraction of sp³-hybridized carbons (Fsp3) is 0.667. The number of amidine groups is 1. The zero-order valence-corrected chi connectivity index (χ0v) is 22.0. The number of amides is 2. The van der Waals surface area contributed by atoms with Crippen LogP contribution in [0, 0.1) is 25.7 Å². The highest BCUT2D eigenvalue weighted by atomic mass is 32.2. The Kier molecular flexibility index (Phi) is 8.03. The van der Waals surface area contributed by atoms with Crippen molar-refractivity contribution in [1.82, 2.24) is 14.9 Å². The third kappa shape index (κ3) is 5.85. The van der Waals surface area contributed by atoms with E-state index in [1.54, 1.807) is 6.92 Å². The first kappa shape index (κ1) is 25.2. The maximum atomic E-state index is 12.9. The van der Waals surface area contributed by atoms with Crippen molar-refractivity contribution < 1.29 is 9.59 Å². The van der Waals surface area contributed by atoms with Crippen molar-refractivity contribution in [2.75, 3.05) is 18.8 Å². The molecule has 0 bridgehead atoms. The minimum absolute atomic E-state index is 0.000265. The highest BCUT2D eigenvalue weighted by Gasteiger charge is 2.47. The summed E-state index contributed by atoms with van der Waals surface area (Å²) in [4.78, 5) is 29.1. The maximum absolute atomic E-state index is 12.9. The molecule has 2 heterocycles. The van der Waals surface area contributed by atoms with Crippen LogP contribution in [0.2, 0.25) is 0 Å². The molecular formula is C27H40N4O2S. The normalized spacial score (nSPS) is 24.7. The predicted molar refractivity (Wildman–Crippen MR) is 140 cm³/mol. The number of aliphatic imine (C=N–C) groups is 1. The van der Waals surface area contributed by atoms with Crippen LogP contribution >= 0.6 is 11.9 Å². The summed E-state index contributed by atoms with van der Waals surface area (Å²) in [7, 11) is 0. The van der Waals surface area contributed by atoms with Crippen molar-refractivity contribution >= 4 is 29.6 Å². The van der Waals surface area contributed by atoms with Gasteiger partial charge in [0, 0.05) is 38.2 Å². The lowest BCUT2D eigenvalue weighted by Crippen LogP contribution is -2.47. The third-order valence-electron chi connectivity index (χ3n) is 7.87. The Morgan fingerprint density at radius 2 is 1.82 bits per heavy atom. The minimum atomic E-state index is -0.521. The quantitative estimate of drug-likeness (QED) is 0.566. The number of hydrogen-bond donors (Lipinski definition) is 2. The zero-order valence-electron chi connectivity index (χ0n) is 21.2. The van der Waals surface area contributed by atoms with E-state index in [0.717, 1.165) is 68.3 Å². The van der Waals surface area contributed by atoms with Gasteiger partial charge in [-0.1, -0.05) is 43.8 Å². The van der Waals surface area contributed by atoms with Gasteiger partial charge in [-0.05, 0) is 74.1 Å². The molecule has 0 radical (unpaired) electrons. The number of aryl methyl sites for hydroxylation is 2. The molecule has 2 amide bonds. The van der Waals surface area contributed by atoms with Crippen molar-refractivity contribution in [2.45, 2.75) is 84.7 Å². The number of nitrogens with zero attached hydrogens (tertiary/aromatic N) is 2. The molecule has 2 aliphatic heterocycles. The summed E-state index contributed by atoms with van der Waals surface area (Å²) in [6, 6.07) is 4.38. The molecule has 0 unspecified atom stereocenters. The fourth-order valence-electron chi connectivity index (χ4n) is 5.68.